The summed E-state index contributed by atoms with van der Waals surface area (Å²) in [5, 5.41) is 0. The standard InChI is InChI=1S/C21H17F/c1-21(2)19-6-4-3-5-17(19)18-12-9-15(13-20(18)21)14-7-10-16(22)11-8-14/h3-13H,1-2H3. The van der Waals surface area contributed by atoms with Crippen molar-refractivity contribution in [3.05, 3.63) is 83.7 Å². The maximum atomic E-state index is 13.1. The summed E-state index contributed by atoms with van der Waals surface area (Å²) < 4.78 is 13.1. The molecule has 1 heteroatoms. The van der Waals surface area contributed by atoms with Gasteiger partial charge in [-0.25, -0.2) is 4.39 Å². The molecule has 0 fully saturated rings. The summed E-state index contributed by atoms with van der Waals surface area (Å²) in [7, 11) is 0. The Labute approximate surface area is 130 Å². The summed E-state index contributed by atoms with van der Waals surface area (Å²) in [6.45, 7) is 4.54. The van der Waals surface area contributed by atoms with Crippen LogP contribution in [0.1, 0.15) is 25.0 Å². The Hall–Kier alpha value is -2.41. The van der Waals surface area contributed by atoms with Crippen LogP contribution in [0.5, 0.6) is 0 Å². The van der Waals surface area contributed by atoms with Crippen LogP contribution in [-0.4, -0.2) is 0 Å². The van der Waals surface area contributed by atoms with E-state index in [1.165, 1.54) is 34.4 Å². The Kier molecular flexibility index (Phi) is 2.74. The Balaban J connectivity index is 1.90. The molecule has 0 N–H and O–H groups in total. The molecule has 0 heterocycles. The molecule has 0 unspecified atom stereocenters. The van der Waals surface area contributed by atoms with Crippen LogP contribution in [0.15, 0.2) is 66.7 Å². The first-order valence-corrected chi connectivity index (χ1v) is 7.58. The molecular weight excluding hydrogens is 271 g/mol. The zero-order valence-electron chi connectivity index (χ0n) is 12.7. The molecule has 22 heavy (non-hydrogen) atoms. The number of fused-ring (bicyclic) bond motifs is 3. The highest BCUT2D eigenvalue weighted by molar-refractivity contribution is 5.83. The first kappa shape index (κ1) is 13.3. The van der Waals surface area contributed by atoms with Gasteiger partial charge in [-0.2, -0.15) is 0 Å². The lowest BCUT2D eigenvalue weighted by Crippen LogP contribution is -2.14. The van der Waals surface area contributed by atoms with Crippen molar-refractivity contribution in [3.63, 3.8) is 0 Å². The first-order valence-electron chi connectivity index (χ1n) is 7.58. The average molecular weight is 288 g/mol. The lowest BCUT2D eigenvalue weighted by molar-refractivity contribution is 0.628. The van der Waals surface area contributed by atoms with Gasteiger partial charge in [0.2, 0.25) is 0 Å². The third kappa shape index (κ3) is 1.82. The Morgan fingerprint density at radius 3 is 2.09 bits per heavy atom. The Morgan fingerprint density at radius 2 is 1.32 bits per heavy atom. The molecule has 0 saturated carbocycles. The van der Waals surface area contributed by atoms with Gasteiger partial charge in [-0.3, -0.25) is 0 Å². The van der Waals surface area contributed by atoms with Gasteiger partial charge in [-0.1, -0.05) is 62.4 Å². The molecule has 4 rings (SSSR count). The van der Waals surface area contributed by atoms with E-state index >= 15 is 0 Å². The van der Waals surface area contributed by atoms with E-state index in [1.807, 2.05) is 12.1 Å². The van der Waals surface area contributed by atoms with Gasteiger partial charge in [0.1, 0.15) is 5.82 Å². The monoisotopic (exact) mass is 288 g/mol. The fraction of sp³-hybridized carbons (Fsp3) is 0.143. The molecule has 0 aliphatic heterocycles. The first-order chi connectivity index (χ1) is 10.6. The van der Waals surface area contributed by atoms with E-state index in [0.717, 1.165) is 11.1 Å². The van der Waals surface area contributed by atoms with E-state index in [1.54, 1.807) is 0 Å². The lowest BCUT2D eigenvalue weighted by Gasteiger charge is -2.22. The second kappa shape index (κ2) is 4.54. The van der Waals surface area contributed by atoms with Crippen molar-refractivity contribution < 1.29 is 4.39 Å². The maximum Gasteiger partial charge on any atom is 0.123 e. The molecule has 0 amide bonds. The highest BCUT2D eigenvalue weighted by Gasteiger charge is 2.35. The minimum Gasteiger partial charge on any atom is -0.207 e. The second-order valence-corrected chi connectivity index (χ2v) is 6.44. The smallest absolute Gasteiger partial charge is 0.123 e. The SMILES string of the molecule is CC1(C)c2ccccc2-c2ccc(-c3ccc(F)cc3)cc21. The number of rotatable bonds is 1. The third-order valence-corrected chi connectivity index (χ3v) is 4.76. The molecule has 0 bridgehead atoms. The molecule has 0 saturated heterocycles. The summed E-state index contributed by atoms with van der Waals surface area (Å²) in [6.07, 6.45) is 0. The van der Waals surface area contributed by atoms with E-state index in [9.17, 15) is 4.39 Å². The molecule has 1 aliphatic carbocycles. The second-order valence-electron chi connectivity index (χ2n) is 6.44. The quantitative estimate of drug-likeness (QED) is 0.531. The minimum absolute atomic E-state index is 0.00195. The van der Waals surface area contributed by atoms with E-state index in [4.69, 9.17) is 0 Å². The Bertz CT molecular complexity index is 857. The summed E-state index contributed by atoms with van der Waals surface area (Å²) in [6, 6.07) is 21.9. The van der Waals surface area contributed by atoms with Crippen LogP contribution in [0.4, 0.5) is 4.39 Å². The Morgan fingerprint density at radius 1 is 0.682 bits per heavy atom. The van der Waals surface area contributed by atoms with Crippen molar-refractivity contribution in [1.29, 1.82) is 0 Å². The van der Waals surface area contributed by atoms with Crippen molar-refractivity contribution in [2.24, 2.45) is 0 Å². The van der Waals surface area contributed by atoms with Gasteiger partial charge in [0.25, 0.3) is 0 Å². The zero-order valence-corrected chi connectivity index (χ0v) is 12.7. The lowest BCUT2D eigenvalue weighted by atomic mass is 9.81. The number of benzene rings is 3. The van der Waals surface area contributed by atoms with Gasteiger partial charge in [-0.05, 0) is 51.6 Å². The van der Waals surface area contributed by atoms with Crippen LogP contribution in [-0.2, 0) is 5.41 Å². The predicted octanol–water partition coefficient (Wildman–Crippen LogP) is 5.80. The van der Waals surface area contributed by atoms with Crippen LogP contribution >= 0.6 is 0 Å². The minimum atomic E-state index is -0.197. The molecule has 0 aromatic heterocycles. The highest BCUT2D eigenvalue weighted by Crippen LogP contribution is 2.49. The molecule has 0 radical (unpaired) electrons. The number of hydrogen-bond donors (Lipinski definition) is 0. The summed E-state index contributed by atoms with van der Waals surface area (Å²) >= 11 is 0. The number of halogens is 1. The van der Waals surface area contributed by atoms with E-state index in [-0.39, 0.29) is 11.2 Å². The average Bonchev–Trinajstić information content (AvgIpc) is 2.77. The van der Waals surface area contributed by atoms with Crippen molar-refractivity contribution >= 4 is 0 Å². The van der Waals surface area contributed by atoms with Gasteiger partial charge in [0, 0.05) is 5.41 Å². The van der Waals surface area contributed by atoms with Gasteiger partial charge in [-0.15, -0.1) is 0 Å². The van der Waals surface area contributed by atoms with Crippen LogP contribution in [0.25, 0.3) is 22.3 Å². The van der Waals surface area contributed by atoms with Gasteiger partial charge >= 0.3 is 0 Å². The molecule has 0 atom stereocenters. The molecule has 1 aliphatic rings. The van der Waals surface area contributed by atoms with Gasteiger partial charge < -0.3 is 0 Å². The van der Waals surface area contributed by atoms with Crippen LogP contribution in [0, 0.1) is 5.82 Å². The summed E-state index contributed by atoms with van der Waals surface area (Å²) in [5.74, 6) is -0.197. The molecule has 0 nitrogen and oxygen atoms in total. The summed E-state index contributed by atoms with van der Waals surface area (Å²) in [4.78, 5) is 0. The third-order valence-electron chi connectivity index (χ3n) is 4.76. The van der Waals surface area contributed by atoms with E-state index in [0.29, 0.717) is 0 Å². The fourth-order valence-electron chi connectivity index (χ4n) is 3.53. The van der Waals surface area contributed by atoms with Gasteiger partial charge in [0.05, 0.1) is 0 Å². The zero-order chi connectivity index (χ0) is 15.3. The van der Waals surface area contributed by atoms with Crippen LogP contribution in [0.2, 0.25) is 0 Å². The van der Waals surface area contributed by atoms with Crippen molar-refractivity contribution in [2.75, 3.05) is 0 Å². The topological polar surface area (TPSA) is 0 Å². The fourth-order valence-corrected chi connectivity index (χ4v) is 3.53. The summed E-state index contributed by atoms with van der Waals surface area (Å²) in [5.41, 5.74) is 7.55. The van der Waals surface area contributed by atoms with Crippen molar-refractivity contribution in [3.8, 4) is 22.3 Å². The van der Waals surface area contributed by atoms with E-state index < -0.39 is 0 Å². The van der Waals surface area contributed by atoms with Crippen LogP contribution in [0.3, 0.4) is 0 Å². The molecule has 3 aromatic rings. The van der Waals surface area contributed by atoms with Crippen molar-refractivity contribution in [1.82, 2.24) is 0 Å². The predicted molar refractivity (Wildman–Crippen MR) is 89.4 cm³/mol. The normalized spacial score (nSPS) is 14.5. The molecule has 108 valence electrons. The molecule has 0 spiro atoms. The van der Waals surface area contributed by atoms with Crippen molar-refractivity contribution in [2.45, 2.75) is 19.3 Å². The molecule has 3 aromatic carbocycles. The van der Waals surface area contributed by atoms with Crippen LogP contribution < -0.4 is 0 Å². The van der Waals surface area contributed by atoms with Gasteiger partial charge in [0.15, 0.2) is 0 Å². The highest BCUT2D eigenvalue weighted by atomic mass is 19.1. The van der Waals surface area contributed by atoms with E-state index in [2.05, 4.69) is 56.3 Å². The number of hydrogen-bond acceptors (Lipinski definition) is 0. The maximum absolute atomic E-state index is 13.1. The largest absolute Gasteiger partial charge is 0.207 e. The molecular formula is C21H17F.